The number of nitrogens with zero attached hydrogens (tertiary/aromatic N) is 1. The van der Waals surface area contributed by atoms with Crippen LogP contribution < -0.4 is 11.5 Å². The van der Waals surface area contributed by atoms with Gasteiger partial charge in [0, 0.05) is 5.56 Å². The van der Waals surface area contributed by atoms with E-state index in [1.807, 2.05) is 72.8 Å². The summed E-state index contributed by atoms with van der Waals surface area (Å²) in [5, 5.41) is 13.2. The standard InChI is InChI=1S/C11H9NS.C11H7N.C2H5NS/c12-11(13)10-7-3-5-8-4-1-2-6-9(8)10;12-8-10-6-3-5-9-4-1-2-7-11(9)10;1-2(3)4/h1-7H,(H2,12,13);1-7H;1H3,(H2,3,4). The molecule has 0 aliphatic carbocycles. The molecule has 4 aromatic carbocycles. The van der Waals surface area contributed by atoms with Gasteiger partial charge in [-0.05, 0) is 34.5 Å². The number of nitrogens with two attached hydrogens (primary N) is 2. The molecular formula is C24H21N3S2. The van der Waals surface area contributed by atoms with Crippen LogP contribution in [0.25, 0.3) is 21.5 Å². The van der Waals surface area contributed by atoms with Crippen molar-refractivity contribution in [3.8, 4) is 6.07 Å². The summed E-state index contributed by atoms with van der Waals surface area (Å²) < 4.78 is 0. The van der Waals surface area contributed by atoms with E-state index in [1.165, 1.54) is 5.39 Å². The molecule has 0 aliphatic rings. The third kappa shape index (κ3) is 6.35. The van der Waals surface area contributed by atoms with Crippen LogP contribution in [0.1, 0.15) is 18.1 Å². The molecule has 0 atom stereocenters. The van der Waals surface area contributed by atoms with Gasteiger partial charge in [-0.3, -0.25) is 0 Å². The van der Waals surface area contributed by atoms with Crippen LogP contribution in [0.5, 0.6) is 0 Å². The van der Waals surface area contributed by atoms with Crippen LogP contribution in [0.15, 0.2) is 84.9 Å². The van der Waals surface area contributed by atoms with Crippen LogP contribution in [0, 0.1) is 11.3 Å². The molecule has 0 aliphatic heterocycles. The Balaban J connectivity index is 0.000000176. The van der Waals surface area contributed by atoms with Crippen LogP contribution >= 0.6 is 24.4 Å². The summed E-state index contributed by atoms with van der Waals surface area (Å²) in [7, 11) is 0. The van der Waals surface area contributed by atoms with E-state index in [2.05, 4.69) is 30.4 Å². The van der Waals surface area contributed by atoms with E-state index < -0.39 is 0 Å². The van der Waals surface area contributed by atoms with Crippen molar-refractivity contribution in [3.63, 3.8) is 0 Å². The maximum atomic E-state index is 8.79. The molecule has 3 nitrogen and oxygen atoms in total. The summed E-state index contributed by atoms with van der Waals surface area (Å²) >= 11 is 9.28. The zero-order valence-electron chi connectivity index (χ0n) is 16.0. The summed E-state index contributed by atoms with van der Waals surface area (Å²) in [4.78, 5) is 0.955. The molecule has 4 aromatic rings. The molecule has 0 fully saturated rings. The van der Waals surface area contributed by atoms with Gasteiger partial charge in [-0.15, -0.1) is 0 Å². The Hall–Kier alpha value is -3.33. The monoisotopic (exact) mass is 415 g/mol. The molecule has 0 unspecified atom stereocenters. The maximum Gasteiger partial charge on any atom is 0.104 e. The number of fused-ring (bicyclic) bond motifs is 2. The minimum absolute atomic E-state index is 0.455. The van der Waals surface area contributed by atoms with Crippen molar-refractivity contribution in [2.45, 2.75) is 6.92 Å². The lowest BCUT2D eigenvalue weighted by atomic mass is 10.1. The van der Waals surface area contributed by atoms with Crippen LogP contribution in [0.3, 0.4) is 0 Å². The molecule has 0 heterocycles. The van der Waals surface area contributed by atoms with Crippen molar-refractivity contribution in [1.29, 1.82) is 5.26 Å². The second-order valence-electron chi connectivity index (χ2n) is 6.14. The molecule has 0 aromatic heterocycles. The molecule has 144 valence electrons. The molecule has 0 spiro atoms. The SMILES string of the molecule is CC(N)=S.N#Cc1cccc2ccccc12.NC(=S)c1cccc2ccccc12. The molecule has 4 rings (SSSR count). The molecule has 4 N–H and O–H groups in total. The van der Waals surface area contributed by atoms with Gasteiger partial charge in [0.25, 0.3) is 0 Å². The summed E-state index contributed by atoms with van der Waals surface area (Å²) in [6.45, 7) is 1.68. The Bertz CT molecular complexity index is 1180. The van der Waals surface area contributed by atoms with Gasteiger partial charge < -0.3 is 11.5 Å². The van der Waals surface area contributed by atoms with Crippen molar-refractivity contribution in [2.75, 3.05) is 0 Å². The fraction of sp³-hybridized carbons (Fsp3) is 0.0417. The topological polar surface area (TPSA) is 75.8 Å². The molecule has 29 heavy (non-hydrogen) atoms. The zero-order valence-corrected chi connectivity index (χ0v) is 17.6. The Morgan fingerprint density at radius 1 is 0.724 bits per heavy atom. The van der Waals surface area contributed by atoms with E-state index in [-0.39, 0.29) is 0 Å². The van der Waals surface area contributed by atoms with Gasteiger partial charge in [0.1, 0.15) is 4.99 Å². The lowest BCUT2D eigenvalue weighted by Crippen LogP contribution is -2.09. The van der Waals surface area contributed by atoms with Crippen molar-refractivity contribution in [3.05, 3.63) is 96.1 Å². The fourth-order valence-corrected chi connectivity index (χ4v) is 2.94. The number of rotatable bonds is 1. The number of hydrogen-bond donors (Lipinski definition) is 2. The molecule has 0 amide bonds. The van der Waals surface area contributed by atoms with Crippen LogP contribution in [0.4, 0.5) is 0 Å². The van der Waals surface area contributed by atoms with E-state index in [0.717, 1.165) is 27.3 Å². The number of hydrogen-bond acceptors (Lipinski definition) is 3. The van der Waals surface area contributed by atoms with Gasteiger partial charge in [-0.2, -0.15) is 5.26 Å². The number of benzene rings is 4. The van der Waals surface area contributed by atoms with Crippen LogP contribution in [-0.4, -0.2) is 9.98 Å². The Morgan fingerprint density at radius 3 is 1.72 bits per heavy atom. The van der Waals surface area contributed by atoms with Crippen molar-refractivity contribution in [2.24, 2.45) is 11.5 Å². The normalized spacial score (nSPS) is 9.38. The molecule has 0 radical (unpaired) electrons. The van der Waals surface area contributed by atoms with Crippen LogP contribution in [-0.2, 0) is 0 Å². The minimum Gasteiger partial charge on any atom is -0.394 e. The van der Waals surface area contributed by atoms with E-state index in [4.69, 9.17) is 28.9 Å². The maximum absolute atomic E-state index is 8.79. The highest BCUT2D eigenvalue weighted by molar-refractivity contribution is 7.80. The zero-order chi connectivity index (χ0) is 21.2. The predicted octanol–water partition coefficient (Wildman–Crippen LogP) is 5.48. The van der Waals surface area contributed by atoms with E-state index >= 15 is 0 Å². The van der Waals surface area contributed by atoms with Gasteiger partial charge in [-0.1, -0.05) is 103 Å². The Kier molecular flexibility index (Phi) is 8.23. The Morgan fingerprint density at radius 2 is 1.17 bits per heavy atom. The predicted molar refractivity (Wildman–Crippen MR) is 131 cm³/mol. The van der Waals surface area contributed by atoms with E-state index in [1.54, 1.807) is 6.92 Å². The first-order valence-electron chi connectivity index (χ1n) is 8.85. The average Bonchev–Trinajstić information content (AvgIpc) is 2.73. The second-order valence-corrected chi connectivity index (χ2v) is 7.22. The van der Waals surface area contributed by atoms with Gasteiger partial charge in [0.05, 0.1) is 16.6 Å². The second kappa shape index (κ2) is 10.9. The van der Waals surface area contributed by atoms with Crippen molar-refractivity contribution >= 4 is 56.0 Å². The average molecular weight is 416 g/mol. The van der Waals surface area contributed by atoms with E-state index in [0.29, 0.717) is 9.98 Å². The molecule has 0 saturated carbocycles. The third-order valence-corrected chi connectivity index (χ3v) is 4.19. The molecular weight excluding hydrogens is 394 g/mol. The Labute approximate surface area is 181 Å². The smallest absolute Gasteiger partial charge is 0.104 e. The highest BCUT2D eigenvalue weighted by atomic mass is 32.1. The van der Waals surface area contributed by atoms with Gasteiger partial charge in [0.2, 0.25) is 0 Å². The summed E-state index contributed by atoms with van der Waals surface area (Å²) in [5.41, 5.74) is 12.1. The first-order chi connectivity index (χ1) is 13.9. The van der Waals surface area contributed by atoms with Crippen molar-refractivity contribution in [1.82, 2.24) is 0 Å². The van der Waals surface area contributed by atoms with Gasteiger partial charge >= 0.3 is 0 Å². The quantitative estimate of drug-likeness (QED) is 0.403. The highest BCUT2D eigenvalue weighted by Crippen LogP contribution is 2.18. The fourth-order valence-electron chi connectivity index (χ4n) is 2.76. The number of thiocarbonyl (C=S) groups is 2. The first kappa shape index (κ1) is 22.0. The lowest BCUT2D eigenvalue weighted by Gasteiger charge is -2.03. The summed E-state index contributed by atoms with van der Waals surface area (Å²) in [5.74, 6) is 0. The first-order valence-corrected chi connectivity index (χ1v) is 9.67. The van der Waals surface area contributed by atoms with Gasteiger partial charge in [-0.25, -0.2) is 0 Å². The molecule has 0 bridgehead atoms. The number of nitriles is 1. The van der Waals surface area contributed by atoms with Crippen molar-refractivity contribution < 1.29 is 0 Å². The third-order valence-electron chi connectivity index (χ3n) is 3.97. The van der Waals surface area contributed by atoms with E-state index in [9.17, 15) is 0 Å². The van der Waals surface area contributed by atoms with Gasteiger partial charge in [0.15, 0.2) is 0 Å². The van der Waals surface area contributed by atoms with Crippen LogP contribution in [0.2, 0.25) is 0 Å². The lowest BCUT2D eigenvalue weighted by molar-refractivity contribution is 1.50. The minimum atomic E-state index is 0.455. The highest BCUT2D eigenvalue weighted by Gasteiger charge is 2.01. The summed E-state index contributed by atoms with van der Waals surface area (Å²) in [6.07, 6.45) is 0. The molecule has 5 heteroatoms. The molecule has 0 saturated heterocycles. The summed E-state index contributed by atoms with van der Waals surface area (Å²) in [6, 6.07) is 29.9. The largest absolute Gasteiger partial charge is 0.394 e.